The molecule has 2 aromatic carbocycles. The average Bonchev–Trinajstić information content (AvgIpc) is 3.69. The molecule has 43 heavy (non-hydrogen) atoms. The first-order valence-electron chi connectivity index (χ1n) is 15.2. The molecule has 0 amide bonds. The molecule has 222 valence electrons. The minimum Gasteiger partial charge on any atom is -0.395 e. The lowest BCUT2D eigenvalue weighted by molar-refractivity contribution is -0.576. The van der Waals surface area contributed by atoms with Gasteiger partial charge in [0.15, 0.2) is 0 Å². The van der Waals surface area contributed by atoms with Gasteiger partial charge in [0.05, 0.1) is 24.5 Å². The molecular formula is C33H38ClN8O+. The summed E-state index contributed by atoms with van der Waals surface area (Å²) in [5.74, 6) is 0.674. The molecule has 10 heteroatoms. The summed E-state index contributed by atoms with van der Waals surface area (Å²) < 4.78 is 4.06. The van der Waals surface area contributed by atoms with Gasteiger partial charge in [-0.15, -0.1) is 4.52 Å². The Morgan fingerprint density at radius 2 is 1.74 bits per heavy atom. The number of H-pyrrole nitrogens is 1. The van der Waals surface area contributed by atoms with Crippen LogP contribution >= 0.6 is 11.6 Å². The third kappa shape index (κ3) is 5.85. The van der Waals surface area contributed by atoms with Gasteiger partial charge in [0, 0.05) is 54.3 Å². The van der Waals surface area contributed by atoms with Crippen LogP contribution < -0.4 is 14.7 Å². The fraction of sp³-hybridized carbons (Fsp3) is 0.364. The molecular weight excluding hydrogens is 560 g/mol. The van der Waals surface area contributed by atoms with Crippen LogP contribution in [0.1, 0.15) is 42.9 Å². The van der Waals surface area contributed by atoms with Crippen LogP contribution in [0, 0.1) is 0 Å². The van der Waals surface area contributed by atoms with Crippen LogP contribution in [0.2, 0.25) is 5.02 Å². The molecule has 9 nitrogen and oxygen atoms in total. The fourth-order valence-electron chi connectivity index (χ4n) is 6.68. The maximum Gasteiger partial charge on any atom is 0.374 e. The second-order valence-electron chi connectivity index (χ2n) is 11.9. The number of benzene rings is 2. The Morgan fingerprint density at radius 3 is 2.49 bits per heavy atom. The largest absolute Gasteiger partial charge is 0.395 e. The highest BCUT2D eigenvalue weighted by atomic mass is 35.5. The molecule has 2 fully saturated rings. The van der Waals surface area contributed by atoms with Crippen LogP contribution in [0.15, 0.2) is 85.3 Å². The maximum atomic E-state index is 10.4. The molecule has 0 radical (unpaired) electrons. The van der Waals surface area contributed by atoms with Crippen LogP contribution in [-0.2, 0) is 12.0 Å². The van der Waals surface area contributed by atoms with Crippen molar-refractivity contribution in [2.45, 2.75) is 43.7 Å². The number of rotatable bonds is 8. The van der Waals surface area contributed by atoms with Gasteiger partial charge in [-0.3, -0.25) is 14.9 Å². The topological polar surface area (TPSA) is 89.3 Å². The molecule has 2 saturated heterocycles. The highest BCUT2D eigenvalue weighted by Crippen LogP contribution is 2.37. The van der Waals surface area contributed by atoms with Gasteiger partial charge in [-0.2, -0.15) is 10.2 Å². The van der Waals surface area contributed by atoms with Crippen molar-refractivity contribution in [3.05, 3.63) is 101 Å². The summed E-state index contributed by atoms with van der Waals surface area (Å²) in [6.07, 6.45) is 9.83. The SMILES string of the molecule is OCC1(c2ccc(Cl)cc2)CCN(c2ccc[n+]3[nH]c(Nc4cnn(C5CCN(Cc6ccccc6)CC5)c4)nc23)CC1. The summed E-state index contributed by atoms with van der Waals surface area (Å²) in [7, 11) is 0. The Morgan fingerprint density at radius 1 is 0.977 bits per heavy atom. The highest BCUT2D eigenvalue weighted by Gasteiger charge is 2.37. The third-order valence-corrected chi connectivity index (χ3v) is 9.51. The van der Waals surface area contributed by atoms with Gasteiger partial charge in [0.25, 0.3) is 0 Å². The van der Waals surface area contributed by atoms with Gasteiger partial charge in [0.1, 0.15) is 11.9 Å². The Hall–Kier alpha value is -3.92. The number of halogens is 1. The zero-order valence-electron chi connectivity index (χ0n) is 24.2. The van der Waals surface area contributed by atoms with E-state index < -0.39 is 0 Å². The van der Waals surface area contributed by atoms with Crippen LogP contribution in [0.4, 0.5) is 17.3 Å². The van der Waals surface area contributed by atoms with Gasteiger partial charge in [-0.1, -0.05) is 54.1 Å². The molecule has 3 N–H and O–H groups in total. The molecule has 2 aliphatic heterocycles. The molecule has 0 atom stereocenters. The molecule has 5 aromatic rings. The number of anilines is 3. The van der Waals surface area contributed by atoms with E-state index in [9.17, 15) is 5.11 Å². The predicted molar refractivity (Wildman–Crippen MR) is 169 cm³/mol. The number of pyridine rings is 1. The smallest absolute Gasteiger partial charge is 0.374 e. The van der Waals surface area contributed by atoms with Crippen molar-refractivity contribution in [1.82, 2.24) is 24.8 Å². The molecule has 3 aromatic heterocycles. The van der Waals surface area contributed by atoms with Crippen molar-refractivity contribution in [2.75, 3.05) is 43.0 Å². The number of aliphatic hydroxyl groups excluding tert-OH is 1. The lowest BCUT2D eigenvalue weighted by Crippen LogP contribution is -2.45. The molecule has 0 aliphatic carbocycles. The lowest BCUT2D eigenvalue weighted by atomic mass is 9.73. The quantitative estimate of drug-likeness (QED) is 0.216. The summed E-state index contributed by atoms with van der Waals surface area (Å²) in [4.78, 5) is 9.82. The summed E-state index contributed by atoms with van der Waals surface area (Å²) >= 11 is 6.12. The number of fused-ring (bicyclic) bond motifs is 1. The number of nitrogens with one attached hydrogen (secondary N) is 2. The summed E-state index contributed by atoms with van der Waals surface area (Å²) in [6.45, 7) is 4.93. The Kier molecular flexibility index (Phi) is 7.78. The van der Waals surface area contributed by atoms with E-state index in [1.807, 2.05) is 47.2 Å². The van der Waals surface area contributed by atoms with Crippen molar-refractivity contribution in [3.8, 4) is 0 Å². The van der Waals surface area contributed by atoms with Gasteiger partial charge in [0.2, 0.25) is 0 Å². The molecule has 7 rings (SSSR count). The number of hydrogen-bond donors (Lipinski definition) is 3. The second-order valence-corrected chi connectivity index (χ2v) is 12.4. The number of likely N-dealkylation sites (tertiary alicyclic amines) is 1. The fourth-order valence-corrected chi connectivity index (χ4v) is 6.80. The van der Waals surface area contributed by atoms with E-state index in [0.29, 0.717) is 17.0 Å². The number of hydrogen-bond acceptors (Lipinski definition) is 6. The number of aromatic amines is 1. The van der Waals surface area contributed by atoms with Crippen molar-refractivity contribution >= 4 is 34.6 Å². The average molecular weight is 598 g/mol. The van der Waals surface area contributed by atoms with Crippen LogP contribution in [-0.4, -0.2) is 62.7 Å². The predicted octanol–water partition coefficient (Wildman–Crippen LogP) is 5.11. The van der Waals surface area contributed by atoms with E-state index in [-0.39, 0.29) is 12.0 Å². The van der Waals surface area contributed by atoms with E-state index in [4.69, 9.17) is 21.7 Å². The highest BCUT2D eigenvalue weighted by molar-refractivity contribution is 6.30. The molecule has 2 aliphatic rings. The zero-order chi connectivity index (χ0) is 29.2. The van der Waals surface area contributed by atoms with Crippen molar-refractivity contribution in [1.29, 1.82) is 0 Å². The first kappa shape index (κ1) is 27.9. The Balaban J connectivity index is 0.996. The molecule has 0 bridgehead atoms. The Bertz CT molecular complexity index is 1650. The number of piperidine rings is 2. The van der Waals surface area contributed by atoms with Crippen molar-refractivity contribution in [3.63, 3.8) is 0 Å². The minimum absolute atomic E-state index is 0.123. The lowest BCUT2D eigenvalue weighted by Gasteiger charge is -2.41. The van der Waals surface area contributed by atoms with Crippen molar-refractivity contribution in [2.24, 2.45) is 0 Å². The van der Waals surface area contributed by atoms with Gasteiger partial charge >= 0.3 is 11.6 Å². The summed E-state index contributed by atoms with van der Waals surface area (Å²) in [6, 6.07) is 23.2. The van der Waals surface area contributed by atoms with Crippen molar-refractivity contribution < 1.29 is 9.62 Å². The van der Waals surface area contributed by atoms with E-state index in [1.54, 1.807) is 0 Å². The summed E-state index contributed by atoms with van der Waals surface area (Å²) in [5.41, 5.74) is 5.13. The van der Waals surface area contributed by atoms with Crippen LogP contribution in [0.5, 0.6) is 0 Å². The summed E-state index contributed by atoms with van der Waals surface area (Å²) in [5, 5.41) is 22.6. The molecule has 0 unspecified atom stereocenters. The van der Waals surface area contributed by atoms with Gasteiger partial charge < -0.3 is 10.0 Å². The second kappa shape index (κ2) is 12.0. The standard InChI is InChI=1S/C33H37ClN8O/c34-27-10-8-26(9-11-27)33(24-43)14-19-40(20-15-33)30-7-4-16-41-31(30)37-32(38-41)36-28-21-35-42(23-28)29-12-17-39(18-13-29)22-25-5-2-1-3-6-25/h1-11,16,21,23,29,43H,12-15,17-20,22,24H2,(H,36,38)/p+1. The maximum absolute atomic E-state index is 10.4. The van der Waals surface area contributed by atoms with Gasteiger partial charge in [-0.05, 0) is 61.1 Å². The van der Waals surface area contributed by atoms with E-state index in [1.165, 1.54) is 5.56 Å². The third-order valence-electron chi connectivity index (χ3n) is 9.26. The van der Waals surface area contributed by atoms with E-state index in [2.05, 4.69) is 67.5 Å². The number of aliphatic hydroxyl groups is 1. The molecule has 0 saturated carbocycles. The van der Waals surface area contributed by atoms with E-state index in [0.717, 1.165) is 81.0 Å². The van der Waals surface area contributed by atoms with Crippen LogP contribution in [0.25, 0.3) is 5.65 Å². The minimum atomic E-state index is -0.251. The molecule has 0 spiro atoms. The monoisotopic (exact) mass is 597 g/mol. The number of nitrogens with zero attached hydrogens (tertiary/aromatic N) is 6. The van der Waals surface area contributed by atoms with Gasteiger partial charge in [-0.25, -0.2) is 0 Å². The van der Waals surface area contributed by atoms with Crippen LogP contribution in [0.3, 0.4) is 0 Å². The van der Waals surface area contributed by atoms with E-state index >= 15 is 0 Å². The number of aromatic nitrogens is 5. The first-order valence-corrected chi connectivity index (χ1v) is 15.6. The Labute approximate surface area is 256 Å². The molecule has 5 heterocycles. The first-order chi connectivity index (χ1) is 21.1. The zero-order valence-corrected chi connectivity index (χ0v) is 25.0. The normalized spacial score (nSPS) is 17.9.